The summed E-state index contributed by atoms with van der Waals surface area (Å²) >= 11 is 0. The third kappa shape index (κ3) is 5.16. The number of aromatic nitrogens is 4. The molecule has 1 aliphatic rings. The highest BCUT2D eigenvalue weighted by atomic mass is 19.1. The van der Waals surface area contributed by atoms with Gasteiger partial charge in [-0.2, -0.15) is 0 Å². The number of rotatable bonds is 7. The Morgan fingerprint density at radius 2 is 1.36 bits per heavy atom. The maximum Gasteiger partial charge on any atom is 0.173 e. The molecule has 0 radical (unpaired) electrons. The molecule has 1 aromatic heterocycles. The van der Waals surface area contributed by atoms with Crippen molar-refractivity contribution in [3.63, 3.8) is 0 Å². The van der Waals surface area contributed by atoms with Crippen molar-refractivity contribution in [2.24, 2.45) is 0 Å². The molecule has 7 heteroatoms. The van der Waals surface area contributed by atoms with E-state index in [0.717, 1.165) is 44.1 Å². The lowest BCUT2D eigenvalue weighted by atomic mass is 10.0. The lowest BCUT2D eigenvalue weighted by Crippen LogP contribution is -2.47. The van der Waals surface area contributed by atoms with Gasteiger partial charge in [0.15, 0.2) is 5.82 Å². The topological polar surface area (TPSA) is 50.1 Å². The van der Waals surface area contributed by atoms with E-state index in [1.165, 1.54) is 23.3 Å². The molecule has 0 aliphatic carbocycles. The Kier molecular flexibility index (Phi) is 6.51. The van der Waals surface area contributed by atoms with E-state index in [9.17, 15) is 4.39 Å². The first-order valence-corrected chi connectivity index (χ1v) is 11.3. The van der Waals surface area contributed by atoms with E-state index in [1.807, 2.05) is 10.7 Å². The molecular weight excluding hydrogens is 415 g/mol. The van der Waals surface area contributed by atoms with Crippen LogP contribution in [-0.4, -0.2) is 56.2 Å². The summed E-state index contributed by atoms with van der Waals surface area (Å²) in [6.07, 6.45) is 0. The highest BCUT2D eigenvalue weighted by Crippen LogP contribution is 2.28. The van der Waals surface area contributed by atoms with E-state index in [4.69, 9.17) is 0 Å². The van der Waals surface area contributed by atoms with Gasteiger partial charge in [-0.3, -0.25) is 9.80 Å². The van der Waals surface area contributed by atoms with Gasteiger partial charge in [-0.15, -0.1) is 5.10 Å². The quantitative estimate of drug-likeness (QED) is 0.436. The van der Waals surface area contributed by atoms with Crippen LogP contribution in [0.2, 0.25) is 0 Å². The lowest BCUT2D eigenvalue weighted by molar-refractivity contribution is 0.100. The summed E-state index contributed by atoms with van der Waals surface area (Å²) in [5, 5.41) is 12.7. The summed E-state index contributed by atoms with van der Waals surface area (Å²) in [6, 6.07) is 27.5. The zero-order valence-corrected chi connectivity index (χ0v) is 18.5. The van der Waals surface area contributed by atoms with E-state index in [-0.39, 0.29) is 11.9 Å². The predicted octanol–water partition coefficient (Wildman–Crippen LogP) is 3.77. The fraction of sp³-hybridized carbons (Fsp3) is 0.269. The van der Waals surface area contributed by atoms with Gasteiger partial charge in [-0.05, 0) is 39.2 Å². The molecular formula is C26H27FN6. The molecule has 33 heavy (non-hydrogen) atoms. The van der Waals surface area contributed by atoms with Crippen molar-refractivity contribution in [1.29, 1.82) is 0 Å². The van der Waals surface area contributed by atoms with Crippen molar-refractivity contribution in [2.75, 3.05) is 26.2 Å². The molecule has 0 bridgehead atoms. The van der Waals surface area contributed by atoms with Crippen LogP contribution in [0.5, 0.6) is 0 Å². The van der Waals surface area contributed by atoms with Gasteiger partial charge < -0.3 is 0 Å². The highest BCUT2D eigenvalue weighted by Gasteiger charge is 2.30. The molecule has 5 rings (SSSR count). The number of piperazine rings is 1. The Hall–Kier alpha value is -3.42. The van der Waals surface area contributed by atoms with E-state index in [2.05, 4.69) is 79.9 Å². The molecule has 1 aliphatic heterocycles. The first kappa shape index (κ1) is 21.4. The molecule has 3 aromatic carbocycles. The van der Waals surface area contributed by atoms with Crippen molar-refractivity contribution in [2.45, 2.75) is 19.1 Å². The van der Waals surface area contributed by atoms with Crippen molar-refractivity contribution in [1.82, 2.24) is 30.0 Å². The van der Waals surface area contributed by atoms with Gasteiger partial charge in [-0.25, -0.2) is 9.07 Å². The van der Waals surface area contributed by atoms with Gasteiger partial charge >= 0.3 is 0 Å². The minimum atomic E-state index is -0.244. The molecule has 0 saturated carbocycles. The van der Waals surface area contributed by atoms with Gasteiger partial charge in [0.1, 0.15) is 5.82 Å². The van der Waals surface area contributed by atoms with E-state index in [1.54, 1.807) is 12.1 Å². The van der Waals surface area contributed by atoms with E-state index >= 15 is 0 Å². The van der Waals surface area contributed by atoms with Crippen LogP contribution in [0.25, 0.3) is 0 Å². The van der Waals surface area contributed by atoms with Crippen molar-refractivity contribution in [3.8, 4) is 0 Å². The second-order valence-corrected chi connectivity index (χ2v) is 8.43. The van der Waals surface area contributed by atoms with Crippen LogP contribution in [0.15, 0.2) is 84.9 Å². The van der Waals surface area contributed by atoms with Crippen LogP contribution in [-0.2, 0) is 13.1 Å². The zero-order chi connectivity index (χ0) is 22.5. The second-order valence-electron chi connectivity index (χ2n) is 8.43. The average Bonchev–Trinajstić information content (AvgIpc) is 3.31. The molecule has 0 N–H and O–H groups in total. The summed E-state index contributed by atoms with van der Waals surface area (Å²) in [4.78, 5) is 4.96. The Morgan fingerprint density at radius 3 is 2.06 bits per heavy atom. The monoisotopic (exact) mass is 442 g/mol. The number of benzene rings is 3. The van der Waals surface area contributed by atoms with Crippen LogP contribution in [0.1, 0.15) is 28.6 Å². The Labute approximate surface area is 193 Å². The molecule has 1 fully saturated rings. The van der Waals surface area contributed by atoms with Crippen LogP contribution < -0.4 is 0 Å². The van der Waals surface area contributed by atoms with Gasteiger partial charge in [0.2, 0.25) is 0 Å². The molecule has 0 unspecified atom stereocenters. The van der Waals surface area contributed by atoms with Crippen molar-refractivity contribution < 1.29 is 4.39 Å². The molecule has 0 amide bonds. The number of nitrogens with zero attached hydrogens (tertiary/aromatic N) is 6. The summed E-state index contributed by atoms with van der Waals surface area (Å²) in [5.74, 6) is 0.563. The van der Waals surface area contributed by atoms with Gasteiger partial charge in [0.25, 0.3) is 0 Å². The molecule has 168 valence electrons. The SMILES string of the molecule is Fc1ccc(Cn2nnnc2[C@H](c2ccccc2)N2CCN(Cc3ccccc3)CC2)cc1. The van der Waals surface area contributed by atoms with E-state index in [0.29, 0.717) is 6.54 Å². The minimum Gasteiger partial charge on any atom is -0.297 e. The lowest BCUT2D eigenvalue weighted by Gasteiger charge is -2.39. The third-order valence-electron chi connectivity index (χ3n) is 6.19. The summed E-state index contributed by atoms with van der Waals surface area (Å²) in [7, 11) is 0. The minimum absolute atomic E-state index is 0.0412. The van der Waals surface area contributed by atoms with Crippen LogP contribution >= 0.6 is 0 Å². The fourth-order valence-electron chi connectivity index (χ4n) is 4.46. The molecule has 4 aromatic rings. The fourth-order valence-corrected chi connectivity index (χ4v) is 4.46. The maximum atomic E-state index is 13.3. The number of tetrazole rings is 1. The number of hydrogen-bond donors (Lipinski definition) is 0. The summed E-state index contributed by atoms with van der Waals surface area (Å²) in [5.41, 5.74) is 3.47. The van der Waals surface area contributed by atoms with Gasteiger partial charge in [-0.1, -0.05) is 72.8 Å². The summed E-state index contributed by atoms with van der Waals surface area (Å²) < 4.78 is 15.2. The number of hydrogen-bond acceptors (Lipinski definition) is 5. The second kappa shape index (κ2) is 10.0. The predicted molar refractivity (Wildman–Crippen MR) is 125 cm³/mol. The molecule has 1 atom stereocenters. The Balaban J connectivity index is 1.36. The highest BCUT2D eigenvalue weighted by molar-refractivity contribution is 5.26. The Bertz CT molecular complexity index is 1140. The first-order valence-electron chi connectivity index (χ1n) is 11.3. The zero-order valence-electron chi connectivity index (χ0n) is 18.5. The normalized spacial score (nSPS) is 16.0. The molecule has 1 saturated heterocycles. The largest absolute Gasteiger partial charge is 0.297 e. The van der Waals surface area contributed by atoms with Crippen molar-refractivity contribution in [3.05, 3.63) is 113 Å². The Morgan fingerprint density at radius 1 is 0.727 bits per heavy atom. The van der Waals surface area contributed by atoms with Gasteiger partial charge in [0.05, 0.1) is 12.6 Å². The molecule has 0 spiro atoms. The third-order valence-corrected chi connectivity index (χ3v) is 6.19. The first-order chi connectivity index (χ1) is 16.3. The number of halogens is 1. The van der Waals surface area contributed by atoms with Crippen molar-refractivity contribution >= 4 is 0 Å². The van der Waals surface area contributed by atoms with Crippen LogP contribution in [0, 0.1) is 5.82 Å². The van der Waals surface area contributed by atoms with Crippen LogP contribution in [0.4, 0.5) is 4.39 Å². The maximum absolute atomic E-state index is 13.3. The average molecular weight is 443 g/mol. The molecule has 2 heterocycles. The van der Waals surface area contributed by atoms with Crippen LogP contribution in [0.3, 0.4) is 0 Å². The van der Waals surface area contributed by atoms with Gasteiger partial charge in [0, 0.05) is 32.7 Å². The smallest absolute Gasteiger partial charge is 0.173 e. The standard InChI is InChI=1S/C26H27FN6/c27-24-13-11-22(12-14-24)20-33-26(28-29-30-33)25(23-9-5-2-6-10-23)32-17-15-31(16-18-32)19-21-7-3-1-4-8-21/h1-14,25H,15-20H2/t25-/m0/s1. The van der Waals surface area contributed by atoms with E-state index < -0.39 is 0 Å². The molecule has 6 nitrogen and oxygen atoms in total. The summed E-state index contributed by atoms with van der Waals surface area (Å²) in [6.45, 7) is 5.29.